The van der Waals surface area contributed by atoms with Gasteiger partial charge in [-0.25, -0.2) is 0 Å². The summed E-state index contributed by atoms with van der Waals surface area (Å²) in [4.78, 5) is 12.4. The maximum Gasteiger partial charge on any atom is 0.220 e. The minimum absolute atomic E-state index is 0.125. The van der Waals surface area contributed by atoms with Gasteiger partial charge in [-0.15, -0.1) is 0 Å². The zero-order valence-electron chi connectivity index (χ0n) is 31.0. The molecule has 274 valence electrons. The van der Waals surface area contributed by atoms with Crippen LogP contribution in [0.15, 0.2) is 12.2 Å². The summed E-state index contributed by atoms with van der Waals surface area (Å²) in [5, 5.41) is 33.1. The lowest BCUT2D eigenvalue weighted by Gasteiger charge is -2.20. The van der Waals surface area contributed by atoms with E-state index in [-0.39, 0.29) is 12.5 Å². The number of hydrogen-bond donors (Lipinski definition) is 4. The van der Waals surface area contributed by atoms with Crippen molar-refractivity contribution in [1.82, 2.24) is 5.32 Å². The molecule has 46 heavy (non-hydrogen) atoms. The normalized spacial score (nSPS) is 13.8. The van der Waals surface area contributed by atoms with Crippen LogP contribution in [0.25, 0.3) is 0 Å². The number of aliphatic hydroxyl groups excluding tert-OH is 3. The van der Waals surface area contributed by atoms with E-state index in [0.29, 0.717) is 12.8 Å². The van der Waals surface area contributed by atoms with E-state index in [0.717, 1.165) is 32.1 Å². The fourth-order valence-electron chi connectivity index (χ4n) is 6.37. The van der Waals surface area contributed by atoms with E-state index in [9.17, 15) is 20.1 Å². The Morgan fingerprint density at radius 3 is 1.17 bits per heavy atom. The fraction of sp³-hybridized carbons (Fsp3) is 0.927. The molecular formula is C41H81NO4. The van der Waals surface area contributed by atoms with E-state index < -0.39 is 18.2 Å². The van der Waals surface area contributed by atoms with Crippen molar-refractivity contribution in [2.75, 3.05) is 6.61 Å². The molecule has 1 amide bonds. The van der Waals surface area contributed by atoms with Crippen molar-refractivity contribution < 1.29 is 20.1 Å². The van der Waals surface area contributed by atoms with Crippen LogP contribution in [-0.2, 0) is 4.79 Å². The topological polar surface area (TPSA) is 89.8 Å². The van der Waals surface area contributed by atoms with Gasteiger partial charge in [0.15, 0.2) is 0 Å². The highest BCUT2D eigenvalue weighted by Gasteiger charge is 2.18. The van der Waals surface area contributed by atoms with Gasteiger partial charge in [0.05, 0.1) is 24.9 Å². The second-order valence-corrected chi connectivity index (χ2v) is 14.2. The molecule has 0 aromatic carbocycles. The number of aliphatic hydroxyl groups is 3. The minimum Gasteiger partial charge on any atom is -0.394 e. The number of rotatable bonds is 37. The zero-order valence-corrected chi connectivity index (χ0v) is 31.0. The van der Waals surface area contributed by atoms with Gasteiger partial charge in [-0.2, -0.15) is 0 Å². The molecular weight excluding hydrogens is 570 g/mol. The summed E-state index contributed by atoms with van der Waals surface area (Å²) >= 11 is 0. The highest BCUT2D eigenvalue weighted by molar-refractivity contribution is 5.76. The first kappa shape index (κ1) is 45.1. The second kappa shape index (κ2) is 36.9. The maximum absolute atomic E-state index is 12.4. The van der Waals surface area contributed by atoms with Crippen LogP contribution >= 0.6 is 0 Å². The fourth-order valence-corrected chi connectivity index (χ4v) is 6.37. The molecule has 3 atom stereocenters. The van der Waals surface area contributed by atoms with Crippen LogP contribution in [0.3, 0.4) is 0 Å². The molecule has 0 aliphatic heterocycles. The monoisotopic (exact) mass is 652 g/mol. The molecule has 0 rings (SSSR count). The number of carbonyl (C=O) groups excluding carboxylic acids is 1. The van der Waals surface area contributed by atoms with Crippen LogP contribution in [0, 0.1) is 0 Å². The molecule has 5 nitrogen and oxygen atoms in total. The minimum atomic E-state index is -1.01. The van der Waals surface area contributed by atoms with Crippen LogP contribution in [0.2, 0.25) is 0 Å². The van der Waals surface area contributed by atoms with Gasteiger partial charge in [-0.3, -0.25) is 4.79 Å². The van der Waals surface area contributed by atoms with Gasteiger partial charge in [-0.05, 0) is 12.8 Å². The molecule has 0 aliphatic carbocycles. The number of carbonyl (C=O) groups is 1. The molecule has 0 aliphatic rings. The van der Waals surface area contributed by atoms with E-state index in [1.807, 2.05) is 0 Å². The number of hydrogen-bond acceptors (Lipinski definition) is 4. The third-order valence-electron chi connectivity index (χ3n) is 9.60. The van der Waals surface area contributed by atoms with Crippen molar-refractivity contribution in [2.45, 2.75) is 238 Å². The Morgan fingerprint density at radius 2 is 0.826 bits per heavy atom. The van der Waals surface area contributed by atoms with Crippen molar-refractivity contribution in [3.05, 3.63) is 12.2 Å². The Balaban J connectivity index is 3.63. The Hall–Kier alpha value is -0.910. The smallest absolute Gasteiger partial charge is 0.220 e. The SMILES string of the molecule is CCCCCCCCCCCCCCCCCCCCCCC(=O)N[C@@H](CO)[C@H](O)/C=C/[C@H](O)CCCCCCCCCCCC. The van der Waals surface area contributed by atoms with E-state index in [1.165, 1.54) is 167 Å². The zero-order chi connectivity index (χ0) is 33.8. The Bertz CT molecular complexity index is 640. The number of unbranched alkanes of at least 4 members (excludes halogenated alkanes) is 28. The molecule has 0 aromatic heterocycles. The van der Waals surface area contributed by atoms with Gasteiger partial charge in [0, 0.05) is 6.42 Å². The van der Waals surface area contributed by atoms with Crippen LogP contribution in [-0.4, -0.2) is 46.1 Å². The first-order valence-electron chi connectivity index (χ1n) is 20.5. The van der Waals surface area contributed by atoms with Gasteiger partial charge in [-0.1, -0.05) is 212 Å². The third kappa shape index (κ3) is 33.0. The summed E-state index contributed by atoms with van der Waals surface area (Å²) in [7, 11) is 0. The van der Waals surface area contributed by atoms with Crippen LogP contribution < -0.4 is 5.32 Å². The Labute approximate surface area is 287 Å². The van der Waals surface area contributed by atoms with Crippen LogP contribution in [0.4, 0.5) is 0 Å². The number of nitrogens with one attached hydrogen (secondary N) is 1. The van der Waals surface area contributed by atoms with E-state index >= 15 is 0 Å². The van der Waals surface area contributed by atoms with Gasteiger partial charge >= 0.3 is 0 Å². The lowest BCUT2D eigenvalue weighted by atomic mass is 10.0. The van der Waals surface area contributed by atoms with Gasteiger partial charge in [0.25, 0.3) is 0 Å². The maximum atomic E-state index is 12.4. The first-order chi connectivity index (χ1) is 22.5. The van der Waals surface area contributed by atoms with Gasteiger partial charge < -0.3 is 20.6 Å². The summed E-state index contributed by atoms with van der Waals surface area (Å²) in [6.45, 7) is 4.20. The van der Waals surface area contributed by atoms with Crippen molar-refractivity contribution in [1.29, 1.82) is 0 Å². The molecule has 0 saturated carbocycles. The first-order valence-corrected chi connectivity index (χ1v) is 20.5. The predicted molar refractivity (Wildman–Crippen MR) is 199 cm³/mol. The van der Waals surface area contributed by atoms with Gasteiger partial charge in [0.2, 0.25) is 5.91 Å². The second-order valence-electron chi connectivity index (χ2n) is 14.2. The summed E-state index contributed by atoms with van der Waals surface area (Å²) < 4.78 is 0. The van der Waals surface area contributed by atoms with Crippen molar-refractivity contribution in [2.24, 2.45) is 0 Å². The summed E-state index contributed by atoms with van der Waals surface area (Å²) in [6, 6.07) is -0.738. The van der Waals surface area contributed by atoms with Crippen LogP contribution in [0.1, 0.15) is 219 Å². The lowest BCUT2D eigenvalue weighted by molar-refractivity contribution is -0.123. The van der Waals surface area contributed by atoms with E-state index in [1.54, 1.807) is 6.08 Å². The Morgan fingerprint density at radius 1 is 0.500 bits per heavy atom. The predicted octanol–water partition coefficient (Wildman–Crippen LogP) is 11.3. The summed E-state index contributed by atoms with van der Waals surface area (Å²) in [5.41, 5.74) is 0. The van der Waals surface area contributed by atoms with Crippen molar-refractivity contribution in [3.8, 4) is 0 Å². The van der Waals surface area contributed by atoms with Crippen LogP contribution in [0.5, 0.6) is 0 Å². The molecule has 0 fully saturated rings. The lowest BCUT2D eigenvalue weighted by Crippen LogP contribution is -2.45. The largest absolute Gasteiger partial charge is 0.394 e. The average molecular weight is 652 g/mol. The third-order valence-corrected chi connectivity index (χ3v) is 9.60. The van der Waals surface area contributed by atoms with Crippen molar-refractivity contribution in [3.63, 3.8) is 0 Å². The standard InChI is InChI=1S/C41H81NO4/c1-3-5-7-9-11-13-15-16-17-18-19-20-21-22-23-24-26-28-30-32-34-41(46)42-39(37-43)40(45)36-35-38(44)33-31-29-27-25-14-12-10-8-6-4-2/h35-36,38-40,43-45H,3-34,37H2,1-2H3,(H,42,46)/b36-35+/t38-,39+,40-/m1/s1. The Kier molecular flexibility index (Phi) is 36.2. The highest BCUT2D eigenvalue weighted by Crippen LogP contribution is 2.16. The number of amides is 1. The molecule has 0 radical (unpaired) electrons. The molecule has 0 spiro atoms. The molecule has 0 unspecified atom stereocenters. The molecule has 0 saturated heterocycles. The van der Waals surface area contributed by atoms with E-state index in [2.05, 4.69) is 19.2 Å². The molecule has 5 heteroatoms. The highest BCUT2D eigenvalue weighted by atomic mass is 16.3. The molecule has 4 N–H and O–H groups in total. The molecule has 0 aromatic rings. The summed E-state index contributed by atoms with van der Waals surface area (Å²) in [5.74, 6) is -0.125. The summed E-state index contributed by atoms with van der Waals surface area (Å²) in [6.07, 6.45) is 41.9. The quantitative estimate of drug-likeness (QED) is 0.0397. The molecule has 0 heterocycles. The van der Waals surface area contributed by atoms with E-state index in [4.69, 9.17) is 0 Å². The van der Waals surface area contributed by atoms with Gasteiger partial charge in [0.1, 0.15) is 0 Å². The average Bonchev–Trinajstić information content (AvgIpc) is 3.06. The molecule has 0 bridgehead atoms. The van der Waals surface area contributed by atoms with Crippen molar-refractivity contribution >= 4 is 5.91 Å².